The van der Waals surface area contributed by atoms with Gasteiger partial charge < -0.3 is 10.6 Å². The summed E-state index contributed by atoms with van der Waals surface area (Å²) in [5.41, 5.74) is 1.35. The van der Waals surface area contributed by atoms with Gasteiger partial charge in [0, 0.05) is 5.02 Å². The van der Waals surface area contributed by atoms with Gasteiger partial charge in [-0.2, -0.15) is 0 Å². The number of rotatable bonds is 5. The maximum atomic E-state index is 12.5. The first-order valence-electron chi connectivity index (χ1n) is 8.36. The van der Waals surface area contributed by atoms with E-state index < -0.39 is 0 Å². The molecule has 1 aromatic carbocycles. The molecule has 6 nitrogen and oxygen atoms in total. The van der Waals surface area contributed by atoms with Crippen molar-refractivity contribution >= 4 is 29.9 Å². The highest BCUT2D eigenvalue weighted by Gasteiger charge is 2.20. The van der Waals surface area contributed by atoms with Crippen LogP contribution in [-0.4, -0.2) is 34.0 Å². The maximum absolute atomic E-state index is 12.5. The number of benzene rings is 1. The molecule has 136 valence electrons. The summed E-state index contributed by atoms with van der Waals surface area (Å²) in [7, 11) is 0. The standard InChI is InChI=1S/C17H22ClN5O.ClH/c1-2-15(12-4-3-5-13(18)10-12)20-17(24)16-11-23(22-21-16)14-6-8-19-9-7-14;/h3-5,10-11,14-15,19H,2,6-9H2,1H3,(H,20,24);1H. The Kier molecular flexibility index (Phi) is 7.23. The van der Waals surface area contributed by atoms with E-state index in [0.29, 0.717) is 16.8 Å². The molecule has 1 aromatic heterocycles. The summed E-state index contributed by atoms with van der Waals surface area (Å²) in [6.07, 6.45) is 4.53. The summed E-state index contributed by atoms with van der Waals surface area (Å²) in [6.45, 7) is 3.97. The van der Waals surface area contributed by atoms with E-state index in [1.807, 2.05) is 35.9 Å². The quantitative estimate of drug-likeness (QED) is 0.831. The van der Waals surface area contributed by atoms with Gasteiger partial charge in [0.25, 0.3) is 5.91 Å². The van der Waals surface area contributed by atoms with E-state index in [2.05, 4.69) is 20.9 Å². The van der Waals surface area contributed by atoms with Crippen molar-refractivity contribution in [1.29, 1.82) is 0 Å². The molecule has 1 amide bonds. The third-order valence-corrected chi connectivity index (χ3v) is 4.63. The smallest absolute Gasteiger partial charge is 0.273 e. The number of nitrogens with zero attached hydrogens (tertiary/aromatic N) is 3. The third-order valence-electron chi connectivity index (χ3n) is 4.39. The number of amides is 1. The van der Waals surface area contributed by atoms with Gasteiger partial charge in [-0.1, -0.05) is 35.9 Å². The Morgan fingerprint density at radius 1 is 1.44 bits per heavy atom. The number of hydrogen-bond acceptors (Lipinski definition) is 4. The van der Waals surface area contributed by atoms with E-state index in [1.165, 1.54) is 0 Å². The third kappa shape index (κ3) is 4.93. The fraction of sp³-hybridized carbons (Fsp3) is 0.471. The van der Waals surface area contributed by atoms with Gasteiger partial charge in [0.2, 0.25) is 0 Å². The molecule has 1 saturated heterocycles. The van der Waals surface area contributed by atoms with Crippen molar-refractivity contribution in [3.05, 3.63) is 46.7 Å². The molecule has 1 fully saturated rings. The van der Waals surface area contributed by atoms with Crippen LogP contribution in [0.2, 0.25) is 5.02 Å². The first-order valence-corrected chi connectivity index (χ1v) is 8.74. The molecule has 1 unspecified atom stereocenters. The van der Waals surface area contributed by atoms with Crippen LogP contribution in [0.1, 0.15) is 54.3 Å². The Morgan fingerprint density at radius 3 is 2.88 bits per heavy atom. The maximum Gasteiger partial charge on any atom is 0.273 e. The minimum atomic E-state index is -0.206. The molecule has 2 aromatic rings. The summed E-state index contributed by atoms with van der Waals surface area (Å²) >= 11 is 6.05. The Hall–Kier alpha value is -1.63. The molecule has 25 heavy (non-hydrogen) atoms. The van der Waals surface area contributed by atoms with E-state index in [0.717, 1.165) is 37.9 Å². The minimum absolute atomic E-state index is 0. The second-order valence-electron chi connectivity index (χ2n) is 6.05. The van der Waals surface area contributed by atoms with Crippen molar-refractivity contribution in [2.75, 3.05) is 13.1 Å². The molecule has 0 spiro atoms. The summed E-state index contributed by atoms with van der Waals surface area (Å²) in [5, 5.41) is 15.2. The van der Waals surface area contributed by atoms with E-state index >= 15 is 0 Å². The highest BCUT2D eigenvalue weighted by atomic mass is 35.5. The lowest BCUT2D eigenvalue weighted by Crippen LogP contribution is -2.30. The first kappa shape index (κ1) is 19.7. The Balaban J connectivity index is 0.00000225. The molecular weight excluding hydrogens is 361 g/mol. The van der Waals surface area contributed by atoms with E-state index in [-0.39, 0.29) is 24.4 Å². The molecule has 1 aliphatic heterocycles. The van der Waals surface area contributed by atoms with Crippen molar-refractivity contribution in [3.8, 4) is 0 Å². The van der Waals surface area contributed by atoms with Crippen LogP contribution in [0.3, 0.4) is 0 Å². The van der Waals surface area contributed by atoms with Crippen molar-refractivity contribution in [1.82, 2.24) is 25.6 Å². The molecule has 1 atom stereocenters. The van der Waals surface area contributed by atoms with Gasteiger partial charge in [-0.05, 0) is 50.0 Å². The summed E-state index contributed by atoms with van der Waals surface area (Å²) in [5.74, 6) is -0.206. The first-order chi connectivity index (χ1) is 11.7. The lowest BCUT2D eigenvalue weighted by atomic mass is 10.0. The minimum Gasteiger partial charge on any atom is -0.344 e. The van der Waals surface area contributed by atoms with Crippen LogP contribution in [0.5, 0.6) is 0 Å². The predicted molar refractivity (Wildman–Crippen MR) is 100 cm³/mol. The van der Waals surface area contributed by atoms with Crippen molar-refractivity contribution < 1.29 is 4.79 Å². The summed E-state index contributed by atoms with van der Waals surface area (Å²) in [4.78, 5) is 12.5. The largest absolute Gasteiger partial charge is 0.344 e. The summed E-state index contributed by atoms with van der Waals surface area (Å²) in [6, 6.07) is 7.77. The molecule has 0 saturated carbocycles. The number of nitrogens with one attached hydrogen (secondary N) is 2. The SMILES string of the molecule is CCC(NC(=O)c1cn(C2CCNCC2)nn1)c1cccc(Cl)c1.Cl. The van der Waals surface area contributed by atoms with Crippen LogP contribution < -0.4 is 10.6 Å². The van der Waals surface area contributed by atoms with Crippen LogP contribution in [-0.2, 0) is 0 Å². The topological polar surface area (TPSA) is 71.8 Å². The van der Waals surface area contributed by atoms with Crippen LogP contribution in [0.4, 0.5) is 0 Å². The molecule has 3 rings (SSSR count). The number of hydrogen-bond donors (Lipinski definition) is 2. The molecule has 2 heterocycles. The lowest BCUT2D eigenvalue weighted by Gasteiger charge is -2.22. The van der Waals surface area contributed by atoms with Crippen molar-refractivity contribution in [3.63, 3.8) is 0 Å². The second-order valence-corrected chi connectivity index (χ2v) is 6.49. The van der Waals surface area contributed by atoms with Crippen molar-refractivity contribution in [2.45, 2.75) is 38.3 Å². The number of carbonyl (C=O) groups excluding carboxylic acids is 1. The van der Waals surface area contributed by atoms with Crippen LogP contribution in [0, 0.1) is 0 Å². The van der Waals surface area contributed by atoms with Crippen molar-refractivity contribution in [2.24, 2.45) is 0 Å². The van der Waals surface area contributed by atoms with E-state index in [4.69, 9.17) is 11.6 Å². The zero-order chi connectivity index (χ0) is 16.9. The van der Waals surface area contributed by atoms with Gasteiger partial charge in [-0.25, -0.2) is 4.68 Å². The van der Waals surface area contributed by atoms with Crippen LogP contribution in [0.15, 0.2) is 30.5 Å². The van der Waals surface area contributed by atoms with E-state index in [1.54, 1.807) is 6.20 Å². The zero-order valence-electron chi connectivity index (χ0n) is 14.1. The van der Waals surface area contributed by atoms with Crippen LogP contribution >= 0.6 is 24.0 Å². The van der Waals surface area contributed by atoms with Gasteiger partial charge in [0.1, 0.15) is 0 Å². The fourth-order valence-corrected chi connectivity index (χ4v) is 3.21. The van der Waals surface area contributed by atoms with Gasteiger partial charge in [0.05, 0.1) is 18.3 Å². The Labute approximate surface area is 158 Å². The van der Waals surface area contributed by atoms with Gasteiger partial charge >= 0.3 is 0 Å². The zero-order valence-corrected chi connectivity index (χ0v) is 15.7. The molecule has 8 heteroatoms. The average molecular weight is 384 g/mol. The normalized spacial score (nSPS) is 16.1. The predicted octanol–water partition coefficient (Wildman–Crippen LogP) is 3.16. The van der Waals surface area contributed by atoms with Gasteiger partial charge in [-0.3, -0.25) is 4.79 Å². The average Bonchev–Trinajstić information content (AvgIpc) is 3.10. The monoisotopic (exact) mass is 383 g/mol. The molecule has 2 N–H and O–H groups in total. The Morgan fingerprint density at radius 2 is 2.20 bits per heavy atom. The fourth-order valence-electron chi connectivity index (χ4n) is 3.01. The molecule has 1 aliphatic rings. The Bertz CT molecular complexity index is 700. The molecule has 0 bridgehead atoms. The molecular formula is C17H23Cl2N5O. The number of halogens is 2. The highest BCUT2D eigenvalue weighted by Crippen LogP contribution is 2.21. The van der Waals surface area contributed by atoms with Gasteiger partial charge in [-0.15, -0.1) is 17.5 Å². The lowest BCUT2D eigenvalue weighted by molar-refractivity contribution is 0.0930. The second kappa shape index (κ2) is 9.17. The van der Waals surface area contributed by atoms with E-state index in [9.17, 15) is 4.79 Å². The summed E-state index contributed by atoms with van der Waals surface area (Å²) < 4.78 is 1.82. The molecule has 0 radical (unpaired) electrons. The number of aromatic nitrogens is 3. The van der Waals surface area contributed by atoms with Gasteiger partial charge in [0.15, 0.2) is 5.69 Å². The highest BCUT2D eigenvalue weighted by molar-refractivity contribution is 6.30. The molecule has 0 aliphatic carbocycles. The number of carbonyl (C=O) groups is 1. The number of piperidine rings is 1. The van der Waals surface area contributed by atoms with Crippen LogP contribution in [0.25, 0.3) is 0 Å².